The van der Waals surface area contributed by atoms with Crippen molar-refractivity contribution in [1.82, 2.24) is 30.8 Å². The molecular weight excluding hydrogens is 312 g/mol. The standard InChI is InChI=1S/C19H22N6/c1-2-14-8-9-17(20-10-14)18-13-25(24-22-18)12-16-11-21-23-19(16)15-6-4-3-5-7-15/h3-10,13,16,19,21,23H,2,11-12H2,1H3. The van der Waals surface area contributed by atoms with Gasteiger partial charge in [0.25, 0.3) is 0 Å². The lowest BCUT2D eigenvalue weighted by Crippen LogP contribution is -2.25. The van der Waals surface area contributed by atoms with Gasteiger partial charge >= 0.3 is 0 Å². The van der Waals surface area contributed by atoms with Gasteiger partial charge in [-0.3, -0.25) is 15.1 Å². The number of nitrogens with one attached hydrogen (secondary N) is 2. The van der Waals surface area contributed by atoms with E-state index in [1.807, 2.05) is 29.2 Å². The fourth-order valence-electron chi connectivity index (χ4n) is 3.25. The van der Waals surface area contributed by atoms with Crippen LogP contribution in [0.15, 0.2) is 54.9 Å². The Kier molecular flexibility index (Phi) is 4.54. The van der Waals surface area contributed by atoms with Crippen LogP contribution in [0.4, 0.5) is 0 Å². The molecule has 2 N–H and O–H groups in total. The lowest BCUT2D eigenvalue weighted by Gasteiger charge is -2.18. The highest BCUT2D eigenvalue weighted by Crippen LogP contribution is 2.26. The zero-order chi connectivity index (χ0) is 17.1. The lowest BCUT2D eigenvalue weighted by molar-refractivity contribution is 0.389. The second-order valence-corrected chi connectivity index (χ2v) is 6.40. The Morgan fingerprint density at radius 1 is 1.12 bits per heavy atom. The average molecular weight is 334 g/mol. The molecule has 0 bridgehead atoms. The van der Waals surface area contributed by atoms with Crippen molar-refractivity contribution in [2.75, 3.05) is 6.54 Å². The smallest absolute Gasteiger partial charge is 0.131 e. The van der Waals surface area contributed by atoms with Gasteiger partial charge in [0.1, 0.15) is 5.69 Å². The van der Waals surface area contributed by atoms with Gasteiger partial charge in [-0.2, -0.15) is 0 Å². The van der Waals surface area contributed by atoms with Gasteiger partial charge in [-0.25, -0.2) is 5.43 Å². The van der Waals surface area contributed by atoms with Gasteiger partial charge in [0, 0.05) is 25.2 Å². The molecule has 3 heterocycles. The van der Waals surface area contributed by atoms with Gasteiger partial charge in [0.2, 0.25) is 0 Å². The first-order valence-electron chi connectivity index (χ1n) is 8.72. The minimum atomic E-state index is 0.274. The highest BCUT2D eigenvalue weighted by atomic mass is 15.4. The number of pyridine rings is 1. The number of benzene rings is 1. The van der Waals surface area contributed by atoms with Crippen LogP contribution in [0, 0.1) is 5.92 Å². The molecule has 0 aliphatic carbocycles. The Balaban J connectivity index is 1.48. The van der Waals surface area contributed by atoms with Crippen molar-refractivity contribution >= 4 is 0 Å². The highest BCUT2D eigenvalue weighted by molar-refractivity contribution is 5.52. The molecule has 6 nitrogen and oxygen atoms in total. The third kappa shape index (κ3) is 3.45. The predicted octanol–water partition coefficient (Wildman–Crippen LogP) is 2.37. The van der Waals surface area contributed by atoms with E-state index in [9.17, 15) is 0 Å². The molecule has 0 radical (unpaired) electrons. The maximum Gasteiger partial charge on any atom is 0.131 e. The number of rotatable bonds is 5. The maximum absolute atomic E-state index is 4.49. The van der Waals surface area contributed by atoms with Crippen LogP contribution in [-0.4, -0.2) is 26.5 Å². The number of hydrogen-bond donors (Lipinski definition) is 2. The summed E-state index contributed by atoms with van der Waals surface area (Å²) in [5.74, 6) is 0.410. The average Bonchev–Trinajstić information content (AvgIpc) is 3.33. The zero-order valence-corrected chi connectivity index (χ0v) is 14.3. The fraction of sp³-hybridized carbons (Fsp3) is 0.316. The Morgan fingerprint density at radius 2 is 2.00 bits per heavy atom. The number of aromatic nitrogens is 4. The van der Waals surface area contributed by atoms with Crippen LogP contribution >= 0.6 is 0 Å². The van der Waals surface area contributed by atoms with Crippen molar-refractivity contribution in [2.24, 2.45) is 5.92 Å². The zero-order valence-electron chi connectivity index (χ0n) is 14.3. The van der Waals surface area contributed by atoms with E-state index in [1.165, 1.54) is 11.1 Å². The summed E-state index contributed by atoms with van der Waals surface area (Å²) in [5, 5.41) is 8.59. The lowest BCUT2D eigenvalue weighted by atomic mass is 9.95. The number of hydrogen-bond acceptors (Lipinski definition) is 5. The van der Waals surface area contributed by atoms with Crippen LogP contribution in [0.1, 0.15) is 24.1 Å². The minimum Gasteiger partial charge on any atom is -0.257 e. The molecule has 2 atom stereocenters. The molecule has 1 fully saturated rings. The molecular formula is C19H22N6. The van der Waals surface area contributed by atoms with E-state index in [2.05, 4.69) is 63.4 Å². The molecule has 0 amide bonds. The fourth-order valence-corrected chi connectivity index (χ4v) is 3.25. The first-order chi connectivity index (χ1) is 12.3. The molecule has 0 saturated carbocycles. The van der Waals surface area contributed by atoms with Crippen LogP contribution in [0.2, 0.25) is 0 Å². The van der Waals surface area contributed by atoms with Crippen molar-refractivity contribution in [1.29, 1.82) is 0 Å². The molecule has 2 aromatic heterocycles. The second kappa shape index (κ2) is 7.13. The van der Waals surface area contributed by atoms with Crippen LogP contribution in [-0.2, 0) is 13.0 Å². The molecule has 1 aliphatic rings. The molecule has 0 spiro atoms. The number of nitrogens with zero attached hydrogens (tertiary/aromatic N) is 4. The van der Waals surface area contributed by atoms with Crippen molar-refractivity contribution in [3.63, 3.8) is 0 Å². The first kappa shape index (κ1) is 15.9. The van der Waals surface area contributed by atoms with E-state index in [0.29, 0.717) is 5.92 Å². The second-order valence-electron chi connectivity index (χ2n) is 6.40. The summed E-state index contributed by atoms with van der Waals surface area (Å²) in [5.41, 5.74) is 10.8. The van der Waals surface area contributed by atoms with Gasteiger partial charge < -0.3 is 0 Å². The quantitative estimate of drug-likeness (QED) is 0.750. The van der Waals surface area contributed by atoms with Crippen molar-refractivity contribution < 1.29 is 0 Å². The molecule has 2 unspecified atom stereocenters. The Labute approximate surface area is 147 Å². The highest BCUT2D eigenvalue weighted by Gasteiger charge is 2.28. The number of hydrazine groups is 1. The summed E-state index contributed by atoms with van der Waals surface area (Å²) < 4.78 is 1.92. The van der Waals surface area contributed by atoms with E-state index >= 15 is 0 Å². The van der Waals surface area contributed by atoms with E-state index in [4.69, 9.17) is 0 Å². The Hall–Kier alpha value is -2.57. The van der Waals surface area contributed by atoms with Gasteiger partial charge in [0.15, 0.2) is 0 Å². The van der Waals surface area contributed by atoms with Crippen molar-refractivity contribution in [3.8, 4) is 11.4 Å². The van der Waals surface area contributed by atoms with Crippen LogP contribution < -0.4 is 10.9 Å². The van der Waals surface area contributed by atoms with Gasteiger partial charge in [-0.05, 0) is 23.6 Å². The monoisotopic (exact) mass is 334 g/mol. The maximum atomic E-state index is 4.49. The van der Waals surface area contributed by atoms with Gasteiger partial charge in [-0.15, -0.1) is 5.10 Å². The topological polar surface area (TPSA) is 67.7 Å². The van der Waals surface area contributed by atoms with Crippen molar-refractivity contribution in [3.05, 3.63) is 66.0 Å². The van der Waals surface area contributed by atoms with E-state index in [0.717, 1.165) is 30.9 Å². The van der Waals surface area contributed by atoms with Gasteiger partial charge in [-0.1, -0.05) is 48.5 Å². The van der Waals surface area contributed by atoms with E-state index < -0.39 is 0 Å². The molecule has 1 aliphatic heterocycles. The third-order valence-electron chi connectivity index (χ3n) is 4.71. The first-order valence-corrected chi connectivity index (χ1v) is 8.72. The van der Waals surface area contributed by atoms with Crippen LogP contribution in [0.25, 0.3) is 11.4 Å². The molecule has 1 aromatic carbocycles. The predicted molar refractivity (Wildman–Crippen MR) is 96.4 cm³/mol. The Morgan fingerprint density at radius 3 is 2.76 bits per heavy atom. The van der Waals surface area contributed by atoms with Crippen LogP contribution in [0.3, 0.4) is 0 Å². The number of aryl methyl sites for hydroxylation is 1. The van der Waals surface area contributed by atoms with Crippen molar-refractivity contribution in [2.45, 2.75) is 25.9 Å². The SMILES string of the molecule is CCc1ccc(-c2cn(CC3CNNC3c3ccccc3)nn2)nc1. The normalized spacial score (nSPS) is 20.0. The molecule has 1 saturated heterocycles. The summed E-state index contributed by atoms with van der Waals surface area (Å²) in [6, 6.07) is 14.9. The molecule has 128 valence electrons. The van der Waals surface area contributed by atoms with Gasteiger partial charge in [0.05, 0.1) is 17.9 Å². The summed E-state index contributed by atoms with van der Waals surface area (Å²) in [4.78, 5) is 4.49. The third-order valence-corrected chi connectivity index (χ3v) is 4.71. The minimum absolute atomic E-state index is 0.274. The summed E-state index contributed by atoms with van der Waals surface area (Å²) in [7, 11) is 0. The largest absolute Gasteiger partial charge is 0.257 e. The summed E-state index contributed by atoms with van der Waals surface area (Å²) in [6.45, 7) is 3.83. The molecule has 6 heteroatoms. The summed E-state index contributed by atoms with van der Waals surface area (Å²) in [6.07, 6.45) is 4.88. The molecule has 25 heavy (non-hydrogen) atoms. The molecule has 4 rings (SSSR count). The van der Waals surface area contributed by atoms with E-state index in [1.54, 1.807) is 0 Å². The molecule has 3 aromatic rings. The van der Waals surface area contributed by atoms with Crippen LogP contribution in [0.5, 0.6) is 0 Å². The summed E-state index contributed by atoms with van der Waals surface area (Å²) >= 11 is 0. The Bertz CT molecular complexity index is 811. The van der Waals surface area contributed by atoms with E-state index in [-0.39, 0.29) is 6.04 Å².